The van der Waals surface area contributed by atoms with Crippen LogP contribution in [0.25, 0.3) is 5.65 Å². The van der Waals surface area contributed by atoms with E-state index < -0.39 is 10.0 Å². The number of sulfonamides is 1. The molecule has 0 aliphatic heterocycles. The fraction of sp³-hybridized carbons (Fsp3) is 0.125. The Morgan fingerprint density at radius 3 is 2.86 bits per heavy atom. The number of imidazole rings is 1. The Hall–Kier alpha value is -1.56. The highest BCUT2D eigenvalue weighted by Gasteiger charge is 2.05. The van der Waals surface area contributed by atoms with Crippen molar-refractivity contribution in [3.63, 3.8) is 0 Å². The Kier molecular flexibility index (Phi) is 1.92. The van der Waals surface area contributed by atoms with Crippen molar-refractivity contribution in [2.24, 2.45) is 0 Å². The molecule has 2 aromatic rings. The van der Waals surface area contributed by atoms with Gasteiger partial charge in [0.2, 0.25) is 10.0 Å². The van der Waals surface area contributed by atoms with Crippen LogP contribution in [0, 0.1) is 0 Å². The molecule has 0 unspecified atom stereocenters. The highest BCUT2D eigenvalue weighted by Crippen LogP contribution is 2.09. The van der Waals surface area contributed by atoms with E-state index >= 15 is 0 Å². The number of nitrogens with one attached hydrogen (secondary N) is 1. The molecule has 2 heterocycles. The maximum atomic E-state index is 10.9. The first-order valence-corrected chi connectivity index (χ1v) is 5.85. The van der Waals surface area contributed by atoms with Crippen molar-refractivity contribution >= 4 is 21.5 Å². The van der Waals surface area contributed by atoms with Crippen molar-refractivity contribution in [3.05, 3.63) is 30.6 Å². The molecule has 0 aliphatic rings. The van der Waals surface area contributed by atoms with Crippen LogP contribution >= 0.6 is 0 Å². The van der Waals surface area contributed by atoms with E-state index in [0.717, 1.165) is 6.26 Å². The van der Waals surface area contributed by atoms with Gasteiger partial charge in [0.1, 0.15) is 5.65 Å². The summed E-state index contributed by atoms with van der Waals surface area (Å²) in [5.74, 6) is 0.332. The molecule has 0 spiro atoms. The van der Waals surface area contributed by atoms with E-state index in [0.29, 0.717) is 11.5 Å². The zero-order valence-electron chi connectivity index (χ0n) is 7.51. The topological polar surface area (TPSA) is 63.5 Å². The summed E-state index contributed by atoms with van der Waals surface area (Å²) in [4.78, 5) is 4.07. The van der Waals surface area contributed by atoms with E-state index in [1.165, 1.54) is 0 Å². The van der Waals surface area contributed by atoms with Crippen LogP contribution in [0.15, 0.2) is 30.6 Å². The van der Waals surface area contributed by atoms with E-state index in [1.54, 1.807) is 22.9 Å². The number of anilines is 1. The fourth-order valence-corrected chi connectivity index (χ4v) is 1.65. The summed E-state index contributed by atoms with van der Waals surface area (Å²) >= 11 is 0. The minimum absolute atomic E-state index is 0.332. The molecule has 0 bridgehead atoms. The summed E-state index contributed by atoms with van der Waals surface area (Å²) in [5, 5.41) is 0. The Labute approximate surface area is 81.4 Å². The molecule has 0 fully saturated rings. The number of aromatic nitrogens is 2. The monoisotopic (exact) mass is 211 g/mol. The Morgan fingerprint density at radius 1 is 1.43 bits per heavy atom. The maximum absolute atomic E-state index is 10.9. The number of fused-ring (bicyclic) bond motifs is 1. The van der Waals surface area contributed by atoms with Crippen LogP contribution in [0.3, 0.4) is 0 Å². The van der Waals surface area contributed by atoms with Crippen LogP contribution in [-0.4, -0.2) is 24.1 Å². The normalized spacial score (nSPS) is 11.8. The average molecular weight is 211 g/mol. The molecule has 0 saturated heterocycles. The quantitative estimate of drug-likeness (QED) is 0.795. The lowest BCUT2D eigenvalue weighted by molar-refractivity contribution is 0.606. The second-order valence-electron chi connectivity index (χ2n) is 2.97. The van der Waals surface area contributed by atoms with E-state index in [9.17, 15) is 8.42 Å². The summed E-state index contributed by atoms with van der Waals surface area (Å²) in [6.07, 6.45) is 4.52. The molecule has 2 rings (SSSR count). The Bertz CT molecular complexity index is 526. The van der Waals surface area contributed by atoms with Crippen molar-refractivity contribution in [2.75, 3.05) is 11.0 Å². The smallest absolute Gasteiger partial charge is 0.231 e. The molecule has 2 aromatic heterocycles. The van der Waals surface area contributed by atoms with Gasteiger partial charge in [0, 0.05) is 6.20 Å². The number of hydrogen-bond acceptors (Lipinski definition) is 3. The molecular weight excluding hydrogens is 202 g/mol. The van der Waals surface area contributed by atoms with Crippen LogP contribution in [0.5, 0.6) is 0 Å². The molecule has 14 heavy (non-hydrogen) atoms. The third kappa shape index (κ3) is 1.85. The molecule has 0 saturated carbocycles. The van der Waals surface area contributed by atoms with Gasteiger partial charge in [-0.2, -0.15) is 0 Å². The Morgan fingerprint density at radius 2 is 2.21 bits per heavy atom. The molecule has 74 valence electrons. The summed E-state index contributed by atoms with van der Waals surface area (Å²) in [6, 6.07) is 5.49. The van der Waals surface area contributed by atoms with Crippen molar-refractivity contribution in [2.45, 2.75) is 0 Å². The molecule has 0 aromatic carbocycles. The summed E-state index contributed by atoms with van der Waals surface area (Å²) < 4.78 is 25.9. The van der Waals surface area contributed by atoms with Crippen LogP contribution in [0.4, 0.5) is 5.82 Å². The summed E-state index contributed by atoms with van der Waals surface area (Å²) in [7, 11) is -3.25. The van der Waals surface area contributed by atoms with E-state index in [4.69, 9.17) is 0 Å². The van der Waals surface area contributed by atoms with E-state index in [-0.39, 0.29) is 0 Å². The van der Waals surface area contributed by atoms with Gasteiger partial charge in [0.25, 0.3) is 0 Å². The second-order valence-corrected chi connectivity index (χ2v) is 4.71. The van der Waals surface area contributed by atoms with Crippen molar-refractivity contribution in [3.8, 4) is 0 Å². The highest BCUT2D eigenvalue weighted by molar-refractivity contribution is 7.92. The molecule has 5 nitrogen and oxygen atoms in total. The third-order valence-corrected chi connectivity index (χ3v) is 2.23. The fourth-order valence-electron chi connectivity index (χ4n) is 1.17. The average Bonchev–Trinajstić information content (AvgIpc) is 2.42. The minimum Gasteiger partial charge on any atom is -0.305 e. The number of nitrogens with zero attached hydrogens (tertiary/aromatic N) is 2. The number of hydrogen-bond donors (Lipinski definition) is 1. The molecule has 1 N–H and O–H groups in total. The van der Waals surface area contributed by atoms with Gasteiger partial charge in [-0.05, 0) is 12.1 Å². The van der Waals surface area contributed by atoms with E-state index in [2.05, 4.69) is 9.71 Å². The predicted molar refractivity (Wildman–Crippen MR) is 53.7 cm³/mol. The van der Waals surface area contributed by atoms with Crippen molar-refractivity contribution in [1.82, 2.24) is 9.38 Å². The number of rotatable bonds is 2. The molecule has 0 radical (unpaired) electrons. The lowest BCUT2D eigenvalue weighted by atomic mass is 10.5. The van der Waals surface area contributed by atoms with Gasteiger partial charge in [-0.3, -0.25) is 4.72 Å². The SMILES string of the molecule is CS(=O)(=O)Nc1cn2ccccc2n1. The molecule has 0 aliphatic carbocycles. The summed E-state index contributed by atoms with van der Waals surface area (Å²) in [5.41, 5.74) is 0.707. The first-order chi connectivity index (χ1) is 6.54. The van der Waals surface area contributed by atoms with Gasteiger partial charge in [-0.25, -0.2) is 13.4 Å². The van der Waals surface area contributed by atoms with Gasteiger partial charge in [-0.1, -0.05) is 6.07 Å². The van der Waals surface area contributed by atoms with Crippen molar-refractivity contribution in [1.29, 1.82) is 0 Å². The molecule has 6 heteroatoms. The standard InChI is InChI=1S/C8H9N3O2S/c1-14(12,13)10-7-6-11-5-3-2-4-8(11)9-7/h2-6,10H,1H3. The predicted octanol–water partition coefficient (Wildman–Crippen LogP) is 0.706. The first kappa shape index (κ1) is 9.01. The van der Waals surface area contributed by atoms with Crippen molar-refractivity contribution < 1.29 is 8.42 Å². The van der Waals surface area contributed by atoms with Gasteiger partial charge >= 0.3 is 0 Å². The molecule has 0 atom stereocenters. The zero-order chi connectivity index (χ0) is 10.2. The van der Waals surface area contributed by atoms with Gasteiger partial charge in [0.05, 0.1) is 12.5 Å². The van der Waals surface area contributed by atoms with Crippen LogP contribution in [0.2, 0.25) is 0 Å². The Balaban J connectivity index is 2.46. The first-order valence-electron chi connectivity index (χ1n) is 3.96. The van der Waals surface area contributed by atoms with Gasteiger partial charge in [0.15, 0.2) is 5.82 Å². The number of pyridine rings is 1. The van der Waals surface area contributed by atoms with Gasteiger partial charge in [-0.15, -0.1) is 0 Å². The third-order valence-electron chi connectivity index (χ3n) is 1.65. The van der Waals surface area contributed by atoms with E-state index in [1.807, 2.05) is 12.1 Å². The summed E-state index contributed by atoms with van der Waals surface area (Å²) in [6.45, 7) is 0. The molecule has 0 amide bonds. The highest BCUT2D eigenvalue weighted by atomic mass is 32.2. The minimum atomic E-state index is -3.25. The lowest BCUT2D eigenvalue weighted by Gasteiger charge is -1.95. The van der Waals surface area contributed by atoms with Crippen LogP contribution in [0.1, 0.15) is 0 Å². The zero-order valence-corrected chi connectivity index (χ0v) is 8.32. The largest absolute Gasteiger partial charge is 0.305 e. The van der Waals surface area contributed by atoms with Gasteiger partial charge < -0.3 is 4.40 Å². The molecular formula is C8H9N3O2S. The lowest BCUT2D eigenvalue weighted by Crippen LogP contribution is -2.09. The van der Waals surface area contributed by atoms with Crippen LogP contribution in [-0.2, 0) is 10.0 Å². The van der Waals surface area contributed by atoms with Crippen LogP contribution < -0.4 is 4.72 Å². The maximum Gasteiger partial charge on any atom is 0.231 e. The second kappa shape index (κ2) is 2.98.